The molecule has 0 amide bonds. The van der Waals surface area contributed by atoms with Crippen LogP contribution in [-0.2, 0) is 19.1 Å². The number of ether oxygens (including phenoxy) is 2. The van der Waals surface area contributed by atoms with Crippen LogP contribution >= 0.6 is 0 Å². The first-order valence-corrected chi connectivity index (χ1v) is 7.21. The minimum Gasteiger partial charge on any atom is -0.478 e. The van der Waals surface area contributed by atoms with Gasteiger partial charge in [0.25, 0.3) is 0 Å². The molecule has 0 unspecified atom stereocenters. The zero-order valence-electron chi connectivity index (χ0n) is 11.2. The molecular formula is C15H16O5. The molecule has 20 heavy (non-hydrogen) atoms. The number of aliphatic carboxylic acids is 1. The van der Waals surface area contributed by atoms with Crippen molar-refractivity contribution in [2.75, 3.05) is 13.2 Å². The fraction of sp³-hybridized carbons (Fsp3) is 0.733. The van der Waals surface area contributed by atoms with Crippen LogP contribution in [0, 0.1) is 28.6 Å². The van der Waals surface area contributed by atoms with Crippen LogP contribution in [0.4, 0.5) is 0 Å². The highest BCUT2D eigenvalue weighted by Crippen LogP contribution is 2.81. The van der Waals surface area contributed by atoms with Gasteiger partial charge in [-0.2, -0.15) is 0 Å². The summed E-state index contributed by atoms with van der Waals surface area (Å²) in [6.45, 7) is 2.84. The van der Waals surface area contributed by atoms with Crippen LogP contribution in [0.3, 0.4) is 0 Å². The molecule has 2 saturated heterocycles. The van der Waals surface area contributed by atoms with Crippen LogP contribution in [0.2, 0.25) is 0 Å². The van der Waals surface area contributed by atoms with Crippen molar-refractivity contribution in [2.45, 2.75) is 25.4 Å². The summed E-state index contributed by atoms with van der Waals surface area (Å²) in [4.78, 5) is 23.8. The van der Waals surface area contributed by atoms with Gasteiger partial charge in [-0.1, -0.05) is 13.0 Å². The zero-order chi connectivity index (χ0) is 13.9. The number of hydrogen-bond acceptors (Lipinski definition) is 4. The highest BCUT2D eigenvalue weighted by atomic mass is 16.6. The molecule has 2 spiro atoms. The molecule has 6 atom stereocenters. The lowest BCUT2D eigenvalue weighted by Gasteiger charge is -2.45. The van der Waals surface area contributed by atoms with Crippen LogP contribution in [0.5, 0.6) is 0 Å². The second-order valence-corrected chi connectivity index (χ2v) is 7.40. The Hall–Kier alpha value is -1.36. The van der Waals surface area contributed by atoms with E-state index in [0.717, 1.165) is 12.8 Å². The van der Waals surface area contributed by atoms with Crippen molar-refractivity contribution >= 4 is 11.9 Å². The molecule has 106 valence electrons. The first kappa shape index (κ1) is 11.3. The summed E-state index contributed by atoms with van der Waals surface area (Å²) >= 11 is 0. The lowest BCUT2D eigenvalue weighted by molar-refractivity contribution is -0.175. The predicted octanol–water partition coefficient (Wildman–Crippen LogP) is 0.985. The standard InChI is InChI=1S/C15H16O5/c1-13-3-9(13)8-2-7(11(16)17)10-4-19-12(18)15(6-20-15)14(8,10)5-13/h2,8-10H,3-6H2,1H3,(H,16,17)/t8-,9-,10-,13+,14+,15+/m0/s1. The van der Waals surface area contributed by atoms with E-state index in [0.29, 0.717) is 18.1 Å². The van der Waals surface area contributed by atoms with Crippen LogP contribution in [0.15, 0.2) is 11.6 Å². The van der Waals surface area contributed by atoms with Crippen molar-refractivity contribution in [1.29, 1.82) is 0 Å². The third kappa shape index (κ3) is 0.917. The monoisotopic (exact) mass is 276 g/mol. The van der Waals surface area contributed by atoms with Crippen LogP contribution in [-0.4, -0.2) is 35.9 Å². The van der Waals surface area contributed by atoms with Gasteiger partial charge in [-0.05, 0) is 30.1 Å². The average Bonchev–Trinajstić information content (AvgIpc) is 3.24. The molecule has 3 aliphatic carbocycles. The van der Waals surface area contributed by atoms with Crippen molar-refractivity contribution in [2.24, 2.45) is 28.6 Å². The van der Waals surface area contributed by atoms with E-state index in [2.05, 4.69) is 6.92 Å². The quantitative estimate of drug-likeness (QED) is 0.571. The molecule has 2 heterocycles. The molecule has 5 aliphatic rings. The Bertz CT molecular complexity index is 603. The SMILES string of the molecule is C[C@]12C[C@H]1[C@@H]1C=C(C(=O)O)[C@@H]3COC(=O)[C@]4(CO4)[C@@]31C2. The van der Waals surface area contributed by atoms with Crippen LogP contribution in [0.1, 0.15) is 19.8 Å². The largest absolute Gasteiger partial charge is 0.478 e. The van der Waals surface area contributed by atoms with Gasteiger partial charge in [0.2, 0.25) is 0 Å². The molecule has 0 aromatic rings. The third-order valence-electron chi connectivity index (χ3n) is 6.64. The molecular weight excluding hydrogens is 260 g/mol. The lowest BCUT2D eigenvalue weighted by atomic mass is 9.59. The molecule has 1 N–H and O–H groups in total. The van der Waals surface area contributed by atoms with Gasteiger partial charge in [0, 0.05) is 16.9 Å². The number of allylic oxidation sites excluding steroid dienone is 1. The van der Waals surface area contributed by atoms with Gasteiger partial charge in [0.1, 0.15) is 0 Å². The number of carboxylic acids is 1. The number of esters is 1. The van der Waals surface area contributed by atoms with Crippen molar-refractivity contribution in [3.05, 3.63) is 11.6 Å². The summed E-state index contributed by atoms with van der Waals surface area (Å²) in [5.74, 6) is -0.675. The average molecular weight is 276 g/mol. The number of fused-ring (bicyclic) bond motifs is 2. The smallest absolute Gasteiger partial charge is 0.341 e. The molecule has 5 heteroatoms. The summed E-state index contributed by atoms with van der Waals surface area (Å²) in [6, 6.07) is 0. The van der Waals surface area contributed by atoms with Crippen molar-refractivity contribution < 1.29 is 24.2 Å². The van der Waals surface area contributed by atoms with E-state index in [-0.39, 0.29) is 35.2 Å². The first-order chi connectivity index (χ1) is 9.45. The van der Waals surface area contributed by atoms with Crippen LogP contribution < -0.4 is 0 Å². The molecule has 4 fully saturated rings. The summed E-state index contributed by atoms with van der Waals surface area (Å²) in [6.07, 6.45) is 3.95. The van der Waals surface area contributed by atoms with Gasteiger partial charge in [0.15, 0.2) is 5.60 Å². The Morgan fingerprint density at radius 3 is 2.90 bits per heavy atom. The van der Waals surface area contributed by atoms with Crippen molar-refractivity contribution in [3.8, 4) is 0 Å². The van der Waals surface area contributed by atoms with Gasteiger partial charge in [-0.15, -0.1) is 0 Å². The Morgan fingerprint density at radius 1 is 1.50 bits per heavy atom. The van der Waals surface area contributed by atoms with Gasteiger partial charge >= 0.3 is 11.9 Å². The Balaban J connectivity index is 1.71. The number of carboxylic acid groups (broad SMARTS) is 1. The number of rotatable bonds is 1. The molecule has 0 aromatic carbocycles. The summed E-state index contributed by atoms with van der Waals surface area (Å²) in [5.41, 5.74) is -0.510. The molecule has 2 saturated carbocycles. The normalized spacial score (nSPS) is 57.5. The minimum atomic E-state index is -0.875. The van der Waals surface area contributed by atoms with E-state index >= 15 is 0 Å². The predicted molar refractivity (Wildman–Crippen MR) is 65.6 cm³/mol. The molecule has 5 rings (SSSR count). The maximum atomic E-state index is 12.2. The van der Waals surface area contributed by atoms with Gasteiger partial charge in [-0.25, -0.2) is 9.59 Å². The van der Waals surface area contributed by atoms with E-state index in [9.17, 15) is 14.7 Å². The van der Waals surface area contributed by atoms with E-state index in [1.807, 2.05) is 6.08 Å². The van der Waals surface area contributed by atoms with Crippen molar-refractivity contribution in [1.82, 2.24) is 0 Å². The topological polar surface area (TPSA) is 76.1 Å². The van der Waals surface area contributed by atoms with Gasteiger partial charge < -0.3 is 14.6 Å². The van der Waals surface area contributed by atoms with E-state index in [1.165, 1.54) is 0 Å². The molecule has 5 nitrogen and oxygen atoms in total. The third-order valence-corrected chi connectivity index (χ3v) is 6.64. The second kappa shape index (κ2) is 2.82. The van der Waals surface area contributed by atoms with E-state index < -0.39 is 11.6 Å². The van der Waals surface area contributed by atoms with Crippen molar-refractivity contribution in [3.63, 3.8) is 0 Å². The molecule has 0 radical (unpaired) electrons. The summed E-state index contributed by atoms with van der Waals surface area (Å²) in [7, 11) is 0. The van der Waals surface area contributed by atoms with Gasteiger partial charge in [-0.3, -0.25) is 0 Å². The fourth-order valence-electron chi connectivity index (χ4n) is 5.64. The highest BCUT2D eigenvalue weighted by molar-refractivity contribution is 5.92. The fourth-order valence-corrected chi connectivity index (χ4v) is 5.64. The highest BCUT2D eigenvalue weighted by Gasteiger charge is 2.84. The maximum Gasteiger partial charge on any atom is 0.341 e. The lowest BCUT2D eigenvalue weighted by Crippen LogP contribution is -2.57. The summed E-state index contributed by atoms with van der Waals surface area (Å²) < 4.78 is 10.9. The first-order valence-electron chi connectivity index (χ1n) is 7.21. The number of carbonyl (C=O) groups is 2. The van der Waals surface area contributed by atoms with E-state index in [4.69, 9.17) is 9.47 Å². The van der Waals surface area contributed by atoms with E-state index in [1.54, 1.807) is 0 Å². The number of hydrogen-bond donors (Lipinski definition) is 1. The Morgan fingerprint density at radius 2 is 2.25 bits per heavy atom. The molecule has 0 aromatic heterocycles. The Labute approximate surface area is 115 Å². The molecule has 0 bridgehead atoms. The number of cyclic esters (lactones) is 1. The van der Waals surface area contributed by atoms with Crippen LogP contribution in [0.25, 0.3) is 0 Å². The summed E-state index contributed by atoms with van der Waals surface area (Å²) in [5, 5.41) is 9.47. The number of epoxide rings is 1. The maximum absolute atomic E-state index is 12.2. The molecule has 2 aliphatic heterocycles. The van der Waals surface area contributed by atoms with Gasteiger partial charge in [0.05, 0.1) is 13.2 Å². The zero-order valence-corrected chi connectivity index (χ0v) is 11.2. The number of carbonyl (C=O) groups excluding carboxylic acids is 1. The minimum absolute atomic E-state index is 0.166. The second-order valence-electron chi connectivity index (χ2n) is 7.40. The Kier molecular flexibility index (Phi) is 1.59.